The van der Waals surface area contributed by atoms with Gasteiger partial charge in [-0.3, -0.25) is 10.1 Å². The number of esters is 2. The molecule has 0 saturated carbocycles. The molecule has 28 heavy (non-hydrogen) atoms. The Morgan fingerprint density at radius 3 is 2.29 bits per heavy atom. The van der Waals surface area contributed by atoms with Gasteiger partial charge < -0.3 is 13.9 Å². The summed E-state index contributed by atoms with van der Waals surface area (Å²) < 4.78 is 16.0. The summed E-state index contributed by atoms with van der Waals surface area (Å²) in [4.78, 5) is 35.2. The predicted molar refractivity (Wildman–Crippen MR) is 99.1 cm³/mol. The van der Waals surface area contributed by atoms with Crippen molar-refractivity contribution in [3.8, 4) is 11.3 Å². The molecule has 0 atom stereocenters. The summed E-state index contributed by atoms with van der Waals surface area (Å²) in [6.07, 6.45) is 1.52. The molecule has 1 aliphatic rings. The van der Waals surface area contributed by atoms with E-state index in [1.807, 2.05) is 6.92 Å². The standard InChI is InChI=1S/C20H19NO7/c1-5-20(4)27-18(22)15(19(23)28-20)10-13-6-7-17(26-13)14-8-11(2)12(3)9-16(14)21(24)25/h6-10H,5H2,1-4H3. The number of nitro groups is 1. The number of carbonyl (C=O) groups is 2. The maximum absolute atomic E-state index is 12.2. The van der Waals surface area contributed by atoms with Crippen molar-refractivity contribution in [2.24, 2.45) is 0 Å². The molecule has 8 heteroatoms. The van der Waals surface area contributed by atoms with Crippen LogP contribution in [-0.4, -0.2) is 22.6 Å². The Labute approximate surface area is 160 Å². The highest BCUT2D eigenvalue weighted by Gasteiger charge is 2.41. The Bertz CT molecular complexity index is 996. The highest BCUT2D eigenvalue weighted by Crippen LogP contribution is 2.34. The predicted octanol–water partition coefficient (Wildman–Crippen LogP) is 4.08. The number of hydrogen-bond acceptors (Lipinski definition) is 7. The number of furan rings is 1. The zero-order chi connectivity index (χ0) is 20.6. The van der Waals surface area contributed by atoms with Gasteiger partial charge >= 0.3 is 11.9 Å². The van der Waals surface area contributed by atoms with Crippen molar-refractivity contribution >= 4 is 23.7 Å². The molecule has 1 aliphatic heterocycles. The van der Waals surface area contributed by atoms with Gasteiger partial charge in [-0.2, -0.15) is 0 Å². The van der Waals surface area contributed by atoms with Gasteiger partial charge in [0.25, 0.3) is 11.5 Å². The van der Waals surface area contributed by atoms with Crippen LogP contribution in [0.5, 0.6) is 0 Å². The van der Waals surface area contributed by atoms with Crippen LogP contribution < -0.4 is 0 Å². The molecule has 2 aromatic rings. The van der Waals surface area contributed by atoms with Crippen LogP contribution >= 0.6 is 0 Å². The molecule has 0 radical (unpaired) electrons. The van der Waals surface area contributed by atoms with E-state index in [0.717, 1.165) is 11.1 Å². The summed E-state index contributed by atoms with van der Waals surface area (Å²) >= 11 is 0. The third-order valence-electron chi connectivity index (χ3n) is 4.69. The first kappa shape index (κ1) is 19.3. The van der Waals surface area contributed by atoms with Crippen LogP contribution in [0.25, 0.3) is 17.4 Å². The molecule has 1 saturated heterocycles. The average molecular weight is 385 g/mol. The number of hydrogen-bond donors (Lipinski definition) is 0. The summed E-state index contributed by atoms with van der Waals surface area (Å²) in [6.45, 7) is 6.86. The second-order valence-electron chi connectivity index (χ2n) is 6.74. The monoisotopic (exact) mass is 385 g/mol. The summed E-state index contributed by atoms with van der Waals surface area (Å²) in [5, 5.41) is 11.4. The van der Waals surface area contributed by atoms with Crippen molar-refractivity contribution in [1.29, 1.82) is 0 Å². The number of cyclic esters (lactones) is 2. The van der Waals surface area contributed by atoms with E-state index in [1.54, 1.807) is 26.0 Å². The van der Waals surface area contributed by atoms with E-state index in [1.165, 1.54) is 25.1 Å². The molecule has 1 aromatic carbocycles. The van der Waals surface area contributed by atoms with Gasteiger partial charge in [0.1, 0.15) is 17.1 Å². The lowest BCUT2D eigenvalue weighted by atomic mass is 10.0. The summed E-state index contributed by atoms with van der Waals surface area (Å²) in [5.74, 6) is -2.49. The van der Waals surface area contributed by atoms with Gasteiger partial charge in [-0.1, -0.05) is 6.92 Å². The first-order valence-electron chi connectivity index (χ1n) is 8.68. The molecule has 1 aromatic heterocycles. The van der Waals surface area contributed by atoms with Crippen LogP contribution in [-0.2, 0) is 19.1 Å². The molecule has 2 heterocycles. The topological polar surface area (TPSA) is 109 Å². The maximum Gasteiger partial charge on any atom is 0.348 e. The Morgan fingerprint density at radius 1 is 1.11 bits per heavy atom. The minimum atomic E-state index is -1.29. The van der Waals surface area contributed by atoms with Crippen LogP contribution in [0.2, 0.25) is 0 Å². The quantitative estimate of drug-likeness (QED) is 0.256. The molecule has 0 aliphatic carbocycles. The lowest BCUT2D eigenvalue weighted by Gasteiger charge is -2.32. The summed E-state index contributed by atoms with van der Waals surface area (Å²) in [5.41, 5.74) is 1.57. The van der Waals surface area contributed by atoms with Gasteiger partial charge in [-0.05, 0) is 43.2 Å². The third-order valence-corrected chi connectivity index (χ3v) is 4.69. The molecule has 8 nitrogen and oxygen atoms in total. The number of aryl methyl sites for hydroxylation is 2. The number of rotatable bonds is 4. The van der Waals surface area contributed by atoms with Crippen LogP contribution in [0.3, 0.4) is 0 Å². The summed E-state index contributed by atoms with van der Waals surface area (Å²) in [6, 6.07) is 6.19. The Kier molecular flexibility index (Phi) is 4.80. The fourth-order valence-corrected chi connectivity index (χ4v) is 2.74. The zero-order valence-corrected chi connectivity index (χ0v) is 15.9. The Hall–Kier alpha value is -3.42. The van der Waals surface area contributed by atoms with Crippen molar-refractivity contribution < 1.29 is 28.4 Å². The van der Waals surface area contributed by atoms with Gasteiger partial charge in [0.15, 0.2) is 0 Å². The SMILES string of the molecule is CCC1(C)OC(=O)C(=Cc2ccc(-c3cc(C)c(C)cc3[N+](=O)[O-])o2)C(=O)O1. The van der Waals surface area contributed by atoms with Crippen LogP contribution in [0.1, 0.15) is 37.2 Å². The first-order chi connectivity index (χ1) is 13.1. The highest BCUT2D eigenvalue weighted by atomic mass is 16.7. The molecule has 0 spiro atoms. The molecule has 0 N–H and O–H groups in total. The zero-order valence-electron chi connectivity index (χ0n) is 15.9. The Morgan fingerprint density at radius 2 is 1.71 bits per heavy atom. The van der Waals surface area contributed by atoms with E-state index in [9.17, 15) is 19.7 Å². The minimum absolute atomic E-state index is 0.0909. The van der Waals surface area contributed by atoms with Gasteiger partial charge in [-0.25, -0.2) is 9.59 Å². The number of benzene rings is 1. The number of carbonyl (C=O) groups excluding carboxylic acids is 2. The Balaban J connectivity index is 1.97. The van der Waals surface area contributed by atoms with E-state index in [-0.39, 0.29) is 22.8 Å². The van der Waals surface area contributed by atoms with Crippen LogP contribution in [0.4, 0.5) is 5.69 Å². The molecule has 146 valence electrons. The largest absolute Gasteiger partial charge is 0.456 e. The van der Waals surface area contributed by atoms with Gasteiger partial charge in [0.2, 0.25) is 0 Å². The first-order valence-corrected chi connectivity index (χ1v) is 8.68. The van der Waals surface area contributed by atoms with E-state index in [2.05, 4.69) is 0 Å². The van der Waals surface area contributed by atoms with Crippen molar-refractivity contribution in [3.63, 3.8) is 0 Å². The van der Waals surface area contributed by atoms with Gasteiger partial charge in [0, 0.05) is 25.5 Å². The van der Waals surface area contributed by atoms with Crippen LogP contribution in [0, 0.1) is 24.0 Å². The fourth-order valence-electron chi connectivity index (χ4n) is 2.74. The maximum atomic E-state index is 12.2. The number of ether oxygens (including phenoxy) is 2. The fraction of sp³-hybridized carbons (Fsp3) is 0.300. The van der Waals surface area contributed by atoms with E-state index in [0.29, 0.717) is 12.0 Å². The van der Waals surface area contributed by atoms with Gasteiger partial charge in [-0.15, -0.1) is 0 Å². The van der Waals surface area contributed by atoms with Crippen molar-refractivity contribution in [2.75, 3.05) is 0 Å². The van der Waals surface area contributed by atoms with E-state index in [4.69, 9.17) is 13.9 Å². The van der Waals surface area contributed by atoms with E-state index < -0.39 is 22.6 Å². The number of nitrogens with zero attached hydrogens (tertiary/aromatic N) is 1. The van der Waals surface area contributed by atoms with Gasteiger partial charge in [0.05, 0.1) is 10.5 Å². The third kappa shape index (κ3) is 3.53. The van der Waals surface area contributed by atoms with Crippen molar-refractivity contribution in [1.82, 2.24) is 0 Å². The minimum Gasteiger partial charge on any atom is -0.456 e. The average Bonchev–Trinajstić information content (AvgIpc) is 3.08. The van der Waals surface area contributed by atoms with Crippen LogP contribution in [0.15, 0.2) is 34.3 Å². The molecule has 0 amide bonds. The second kappa shape index (κ2) is 6.95. The second-order valence-corrected chi connectivity index (χ2v) is 6.74. The number of nitro benzene ring substituents is 1. The lowest BCUT2D eigenvalue weighted by molar-refractivity contribution is -0.384. The highest BCUT2D eigenvalue weighted by molar-refractivity contribution is 6.18. The van der Waals surface area contributed by atoms with Crippen molar-refractivity contribution in [3.05, 3.63) is 56.8 Å². The molecule has 0 unspecified atom stereocenters. The summed E-state index contributed by atoms with van der Waals surface area (Å²) in [7, 11) is 0. The lowest BCUT2D eigenvalue weighted by Crippen LogP contribution is -2.43. The molecule has 0 bridgehead atoms. The molecule has 3 rings (SSSR count). The molecule has 1 fully saturated rings. The molecular weight excluding hydrogens is 366 g/mol. The van der Waals surface area contributed by atoms with E-state index >= 15 is 0 Å². The normalized spacial score (nSPS) is 19.2. The molecular formula is C20H19NO7. The van der Waals surface area contributed by atoms with Crippen molar-refractivity contribution in [2.45, 2.75) is 39.9 Å². The smallest absolute Gasteiger partial charge is 0.348 e.